The summed E-state index contributed by atoms with van der Waals surface area (Å²) in [5.74, 6) is -1.33. The molecule has 1 atom stereocenters. The summed E-state index contributed by atoms with van der Waals surface area (Å²) >= 11 is 0. The fraction of sp³-hybridized carbons (Fsp3) is 0.550. The van der Waals surface area contributed by atoms with Gasteiger partial charge in [0.05, 0.1) is 5.41 Å². The van der Waals surface area contributed by atoms with Gasteiger partial charge in [0, 0.05) is 39.0 Å². The first-order valence-corrected chi connectivity index (χ1v) is 9.37. The third kappa shape index (κ3) is 3.88. The number of amides is 3. The Bertz CT molecular complexity index is 746. The largest absolute Gasteiger partial charge is 0.343 e. The molecule has 0 radical (unpaired) electrons. The zero-order chi connectivity index (χ0) is 19.6. The van der Waals surface area contributed by atoms with Crippen molar-refractivity contribution in [3.05, 3.63) is 35.6 Å². The number of hydrogen-bond acceptors (Lipinski definition) is 4. The van der Waals surface area contributed by atoms with Crippen LogP contribution in [0.4, 0.5) is 4.39 Å². The molecule has 0 N–H and O–H groups in total. The standard InChI is InChI=1S/C20H26FN3O3/c1-22(2)10-11-24-18(26)14-20(19(24)27,15-6-5-7-16(21)12-15)13-17(25)23-8-3-4-9-23/h5-7,12H,3-4,8-11,13-14H2,1-2H3. The number of carbonyl (C=O) groups excluding carboxylic acids is 3. The van der Waals surface area contributed by atoms with Crippen LogP contribution in [0.15, 0.2) is 24.3 Å². The van der Waals surface area contributed by atoms with Crippen LogP contribution >= 0.6 is 0 Å². The Morgan fingerprint density at radius 2 is 1.93 bits per heavy atom. The predicted octanol–water partition coefficient (Wildman–Crippen LogP) is 1.40. The van der Waals surface area contributed by atoms with Crippen molar-refractivity contribution in [2.45, 2.75) is 31.1 Å². The topological polar surface area (TPSA) is 60.9 Å². The van der Waals surface area contributed by atoms with E-state index in [-0.39, 0.29) is 31.2 Å². The SMILES string of the molecule is CN(C)CCN1C(=O)CC(CC(=O)N2CCCC2)(c2cccc(F)c2)C1=O. The molecule has 2 aliphatic rings. The zero-order valence-electron chi connectivity index (χ0n) is 15.9. The predicted molar refractivity (Wildman–Crippen MR) is 98.4 cm³/mol. The summed E-state index contributed by atoms with van der Waals surface area (Å²) < 4.78 is 13.9. The average molecular weight is 375 g/mol. The second-order valence-electron chi connectivity index (χ2n) is 7.69. The van der Waals surface area contributed by atoms with Crippen molar-refractivity contribution in [3.8, 4) is 0 Å². The zero-order valence-corrected chi connectivity index (χ0v) is 15.9. The number of rotatable bonds is 6. The smallest absolute Gasteiger partial charge is 0.240 e. The Balaban J connectivity index is 1.94. The molecule has 0 spiro atoms. The van der Waals surface area contributed by atoms with Gasteiger partial charge < -0.3 is 9.80 Å². The summed E-state index contributed by atoms with van der Waals surface area (Å²) in [5.41, 5.74) is -0.911. The van der Waals surface area contributed by atoms with Gasteiger partial charge in [-0.1, -0.05) is 12.1 Å². The molecule has 0 bridgehead atoms. The van der Waals surface area contributed by atoms with Crippen molar-refractivity contribution < 1.29 is 18.8 Å². The highest BCUT2D eigenvalue weighted by Crippen LogP contribution is 2.40. The summed E-state index contributed by atoms with van der Waals surface area (Å²) in [7, 11) is 3.73. The highest BCUT2D eigenvalue weighted by Gasteiger charge is 2.54. The van der Waals surface area contributed by atoms with Gasteiger partial charge >= 0.3 is 0 Å². The monoisotopic (exact) mass is 375 g/mol. The number of carbonyl (C=O) groups is 3. The quantitative estimate of drug-likeness (QED) is 0.705. The molecule has 1 aromatic carbocycles. The molecule has 1 unspecified atom stereocenters. The van der Waals surface area contributed by atoms with Crippen molar-refractivity contribution in [1.29, 1.82) is 0 Å². The van der Waals surface area contributed by atoms with Crippen LogP contribution < -0.4 is 0 Å². The summed E-state index contributed by atoms with van der Waals surface area (Å²) in [6.07, 6.45) is 1.70. The van der Waals surface area contributed by atoms with Gasteiger partial charge in [0.1, 0.15) is 5.82 Å². The molecule has 2 heterocycles. The van der Waals surface area contributed by atoms with E-state index in [1.165, 1.54) is 23.1 Å². The molecule has 7 heteroatoms. The van der Waals surface area contributed by atoms with Gasteiger partial charge in [-0.25, -0.2) is 4.39 Å². The van der Waals surface area contributed by atoms with E-state index in [0.717, 1.165) is 12.8 Å². The number of halogens is 1. The van der Waals surface area contributed by atoms with Gasteiger partial charge in [-0.2, -0.15) is 0 Å². The number of benzene rings is 1. The van der Waals surface area contributed by atoms with Crippen LogP contribution in [0.2, 0.25) is 0 Å². The van der Waals surface area contributed by atoms with Crippen LogP contribution in [-0.4, -0.2) is 72.7 Å². The molecule has 146 valence electrons. The fourth-order valence-electron chi connectivity index (χ4n) is 3.92. The van der Waals surface area contributed by atoms with E-state index in [9.17, 15) is 18.8 Å². The highest BCUT2D eigenvalue weighted by molar-refractivity contribution is 6.10. The third-order valence-corrected chi connectivity index (χ3v) is 5.47. The van der Waals surface area contributed by atoms with Gasteiger partial charge in [-0.15, -0.1) is 0 Å². The molecule has 0 aromatic heterocycles. The van der Waals surface area contributed by atoms with Crippen molar-refractivity contribution in [3.63, 3.8) is 0 Å². The molecule has 2 aliphatic heterocycles. The minimum absolute atomic E-state index is 0.0949. The molecule has 3 rings (SSSR count). The Hall–Kier alpha value is -2.28. The second-order valence-corrected chi connectivity index (χ2v) is 7.69. The van der Waals surface area contributed by atoms with Crippen molar-refractivity contribution in [1.82, 2.24) is 14.7 Å². The number of likely N-dealkylation sites (N-methyl/N-ethyl adjacent to an activating group) is 1. The highest BCUT2D eigenvalue weighted by atomic mass is 19.1. The second kappa shape index (κ2) is 7.76. The van der Waals surface area contributed by atoms with E-state index in [1.54, 1.807) is 11.0 Å². The summed E-state index contributed by atoms with van der Waals surface area (Å²) in [4.78, 5) is 43.6. The summed E-state index contributed by atoms with van der Waals surface area (Å²) in [6.45, 7) is 2.14. The molecular weight excluding hydrogens is 349 g/mol. The van der Waals surface area contributed by atoms with Gasteiger partial charge in [0.25, 0.3) is 0 Å². The third-order valence-electron chi connectivity index (χ3n) is 5.47. The lowest BCUT2D eigenvalue weighted by molar-refractivity contribution is -0.142. The fourth-order valence-corrected chi connectivity index (χ4v) is 3.92. The molecule has 2 fully saturated rings. The number of likely N-dealkylation sites (tertiary alicyclic amines) is 2. The van der Waals surface area contributed by atoms with Gasteiger partial charge in [-0.3, -0.25) is 19.3 Å². The lowest BCUT2D eigenvalue weighted by atomic mass is 9.75. The summed E-state index contributed by atoms with van der Waals surface area (Å²) in [5, 5.41) is 0. The van der Waals surface area contributed by atoms with E-state index >= 15 is 0 Å². The van der Waals surface area contributed by atoms with E-state index in [4.69, 9.17) is 0 Å². The molecule has 0 saturated carbocycles. The molecule has 0 aliphatic carbocycles. The van der Waals surface area contributed by atoms with Crippen LogP contribution in [-0.2, 0) is 19.8 Å². The van der Waals surface area contributed by atoms with Crippen LogP contribution in [0.25, 0.3) is 0 Å². The maximum atomic E-state index is 13.9. The molecule has 3 amide bonds. The van der Waals surface area contributed by atoms with Crippen molar-refractivity contribution in [2.75, 3.05) is 40.3 Å². The van der Waals surface area contributed by atoms with Gasteiger partial charge in [0.2, 0.25) is 17.7 Å². The normalized spacial score (nSPS) is 23.0. The first kappa shape index (κ1) is 19.5. The Morgan fingerprint density at radius 1 is 1.22 bits per heavy atom. The Morgan fingerprint density at radius 3 is 2.56 bits per heavy atom. The first-order chi connectivity index (χ1) is 12.8. The molecule has 2 saturated heterocycles. The minimum atomic E-state index is -1.31. The lowest BCUT2D eigenvalue weighted by Crippen LogP contribution is -2.44. The number of hydrogen-bond donors (Lipinski definition) is 0. The summed E-state index contributed by atoms with van der Waals surface area (Å²) in [6, 6.07) is 5.73. The Labute approximate surface area is 158 Å². The van der Waals surface area contributed by atoms with E-state index < -0.39 is 17.1 Å². The van der Waals surface area contributed by atoms with Crippen LogP contribution in [0.5, 0.6) is 0 Å². The van der Waals surface area contributed by atoms with Crippen molar-refractivity contribution in [2.24, 2.45) is 0 Å². The van der Waals surface area contributed by atoms with Crippen molar-refractivity contribution >= 4 is 17.7 Å². The Kier molecular flexibility index (Phi) is 5.60. The maximum Gasteiger partial charge on any atom is 0.240 e. The molecule has 6 nitrogen and oxygen atoms in total. The molecule has 1 aromatic rings. The average Bonchev–Trinajstić information content (AvgIpc) is 3.22. The van der Waals surface area contributed by atoms with Gasteiger partial charge in [0.15, 0.2) is 0 Å². The van der Waals surface area contributed by atoms with E-state index in [1.807, 2.05) is 19.0 Å². The lowest BCUT2D eigenvalue weighted by Gasteiger charge is -2.29. The van der Waals surface area contributed by atoms with Crippen LogP contribution in [0.1, 0.15) is 31.2 Å². The van der Waals surface area contributed by atoms with E-state index in [0.29, 0.717) is 25.2 Å². The number of nitrogens with zero attached hydrogens (tertiary/aromatic N) is 3. The van der Waals surface area contributed by atoms with Crippen LogP contribution in [0, 0.1) is 5.82 Å². The molecule has 27 heavy (non-hydrogen) atoms. The molecular formula is C20H26FN3O3. The van der Waals surface area contributed by atoms with E-state index in [2.05, 4.69) is 0 Å². The van der Waals surface area contributed by atoms with Gasteiger partial charge in [-0.05, 0) is 44.6 Å². The minimum Gasteiger partial charge on any atom is -0.343 e. The first-order valence-electron chi connectivity index (χ1n) is 9.37. The number of imide groups is 1. The van der Waals surface area contributed by atoms with Crippen LogP contribution in [0.3, 0.4) is 0 Å². The maximum absolute atomic E-state index is 13.9.